The summed E-state index contributed by atoms with van der Waals surface area (Å²) in [5, 5.41) is 10.0. The summed E-state index contributed by atoms with van der Waals surface area (Å²) in [6.45, 7) is 7.15. The number of carbonyl (C=O) groups excluding carboxylic acids is 1. The third kappa shape index (κ3) is 4.26. The summed E-state index contributed by atoms with van der Waals surface area (Å²) in [7, 11) is -3.84. The second-order valence-electron chi connectivity index (χ2n) is 5.44. The van der Waals surface area contributed by atoms with Crippen LogP contribution in [-0.4, -0.2) is 24.5 Å². The molecule has 1 amide bonds. The van der Waals surface area contributed by atoms with E-state index in [1.54, 1.807) is 19.9 Å². The summed E-state index contributed by atoms with van der Waals surface area (Å²) in [6, 6.07) is 5.48. The molecule has 0 saturated heterocycles. The van der Waals surface area contributed by atoms with Gasteiger partial charge in [-0.1, -0.05) is 37.3 Å². The van der Waals surface area contributed by atoms with Crippen molar-refractivity contribution in [1.29, 1.82) is 0 Å². The second kappa shape index (κ2) is 6.63. The first-order valence-electron chi connectivity index (χ1n) is 6.93. The van der Waals surface area contributed by atoms with Crippen molar-refractivity contribution in [2.45, 2.75) is 32.0 Å². The zero-order valence-electron chi connectivity index (χ0n) is 13.2. The van der Waals surface area contributed by atoms with Crippen LogP contribution in [0.1, 0.15) is 25.0 Å². The van der Waals surface area contributed by atoms with Gasteiger partial charge in [0.15, 0.2) is 0 Å². The first kappa shape index (κ1) is 17.4. The van der Waals surface area contributed by atoms with E-state index in [-0.39, 0.29) is 21.3 Å². The van der Waals surface area contributed by atoms with Crippen molar-refractivity contribution in [3.8, 4) is 0 Å². The van der Waals surface area contributed by atoms with E-state index in [1.165, 1.54) is 0 Å². The molecule has 2 N–H and O–H groups in total. The molecule has 0 radical (unpaired) electrons. The molecular formula is C14H18N4O3S2. The molecule has 2 aromatic rings. The lowest BCUT2D eigenvalue weighted by atomic mass is 10.1. The number of aromatic nitrogens is 2. The van der Waals surface area contributed by atoms with Crippen molar-refractivity contribution in [2.75, 3.05) is 10.0 Å². The molecule has 0 saturated carbocycles. The predicted molar refractivity (Wildman–Crippen MR) is 90.1 cm³/mol. The maximum absolute atomic E-state index is 12.4. The van der Waals surface area contributed by atoms with Crippen LogP contribution in [0.3, 0.4) is 0 Å². The average Bonchev–Trinajstić information content (AvgIpc) is 2.92. The number of hydrogen-bond acceptors (Lipinski definition) is 6. The number of nitrogens with zero attached hydrogens (tertiary/aromatic N) is 2. The van der Waals surface area contributed by atoms with Crippen LogP contribution in [-0.2, 0) is 14.8 Å². The Labute approximate surface area is 139 Å². The number of benzene rings is 1. The molecule has 1 aromatic heterocycles. The van der Waals surface area contributed by atoms with E-state index < -0.39 is 10.0 Å². The molecule has 2 rings (SSSR count). The van der Waals surface area contributed by atoms with E-state index in [9.17, 15) is 13.2 Å². The first-order valence-corrected chi connectivity index (χ1v) is 9.23. The molecule has 0 bridgehead atoms. The third-order valence-electron chi connectivity index (χ3n) is 3.03. The van der Waals surface area contributed by atoms with E-state index in [2.05, 4.69) is 20.2 Å². The summed E-state index contributed by atoms with van der Waals surface area (Å²) in [5.41, 5.74) is 2.24. The number of hydrogen-bond donors (Lipinski definition) is 2. The zero-order valence-corrected chi connectivity index (χ0v) is 14.9. The third-order valence-corrected chi connectivity index (χ3v) is 5.60. The Morgan fingerprint density at radius 2 is 1.91 bits per heavy atom. The number of sulfonamides is 1. The first-order chi connectivity index (χ1) is 10.7. The van der Waals surface area contributed by atoms with Crippen LogP contribution in [0, 0.1) is 19.8 Å². The van der Waals surface area contributed by atoms with Gasteiger partial charge in [0, 0.05) is 5.92 Å². The molecule has 0 aliphatic carbocycles. The number of amides is 1. The summed E-state index contributed by atoms with van der Waals surface area (Å²) < 4.78 is 27.1. The van der Waals surface area contributed by atoms with Gasteiger partial charge in [0.1, 0.15) is 0 Å². The van der Waals surface area contributed by atoms with Crippen LogP contribution in [0.2, 0.25) is 0 Å². The highest BCUT2D eigenvalue weighted by Crippen LogP contribution is 2.25. The molecule has 124 valence electrons. The Kier molecular flexibility index (Phi) is 5.00. The van der Waals surface area contributed by atoms with E-state index in [4.69, 9.17) is 0 Å². The van der Waals surface area contributed by atoms with Crippen LogP contribution in [0.5, 0.6) is 0 Å². The molecule has 0 atom stereocenters. The number of anilines is 2. The number of nitrogens with one attached hydrogen (secondary N) is 2. The Hall–Kier alpha value is -2.00. The van der Waals surface area contributed by atoms with Gasteiger partial charge in [0.2, 0.25) is 11.0 Å². The fourth-order valence-electron chi connectivity index (χ4n) is 1.65. The van der Waals surface area contributed by atoms with E-state index >= 15 is 0 Å². The van der Waals surface area contributed by atoms with Crippen molar-refractivity contribution in [3.63, 3.8) is 0 Å². The smallest absolute Gasteiger partial charge is 0.291 e. The molecule has 9 heteroatoms. The minimum Gasteiger partial charge on any atom is -0.300 e. The molecular weight excluding hydrogens is 336 g/mol. The monoisotopic (exact) mass is 354 g/mol. The lowest BCUT2D eigenvalue weighted by Gasteiger charge is -2.09. The Balaban J connectivity index is 2.22. The number of carbonyl (C=O) groups is 1. The van der Waals surface area contributed by atoms with Gasteiger partial charge in [-0.15, -0.1) is 10.2 Å². The summed E-state index contributed by atoms with van der Waals surface area (Å²) in [4.78, 5) is 11.6. The summed E-state index contributed by atoms with van der Waals surface area (Å²) in [5.74, 6) is -0.473. The van der Waals surface area contributed by atoms with Crippen molar-refractivity contribution in [2.24, 2.45) is 5.92 Å². The Morgan fingerprint density at radius 1 is 1.22 bits per heavy atom. The molecule has 0 aliphatic rings. The average molecular weight is 354 g/mol. The minimum atomic E-state index is -3.84. The molecule has 0 aliphatic heterocycles. The molecule has 7 nitrogen and oxygen atoms in total. The summed E-state index contributed by atoms with van der Waals surface area (Å²) >= 11 is 0.810. The van der Waals surface area contributed by atoms with Crippen LogP contribution in [0.4, 0.5) is 10.8 Å². The maximum Gasteiger partial charge on any atom is 0.291 e. The van der Waals surface area contributed by atoms with Crippen LogP contribution >= 0.6 is 11.3 Å². The van der Waals surface area contributed by atoms with E-state index in [1.807, 2.05) is 26.0 Å². The van der Waals surface area contributed by atoms with Gasteiger partial charge in [0.25, 0.3) is 14.4 Å². The SMILES string of the molecule is Cc1ccc(C)c(NS(=O)(=O)c2nnc(NC(=O)C(C)C)s2)c1. The Morgan fingerprint density at radius 3 is 2.57 bits per heavy atom. The van der Waals surface area contributed by atoms with Gasteiger partial charge in [-0.2, -0.15) is 8.42 Å². The lowest BCUT2D eigenvalue weighted by molar-refractivity contribution is -0.118. The van der Waals surface area contributed by atoms with E-state index in [0.717, 1.165) is 22.5 Å². The highest BCUT2D eigenvalue weighted by molar-refractivity contribution is 7.94. The Bertz CT molecular complexity index is 828. The highest BCUT2D eigenvalue weighted by atomic mass is 32.2. The fourth-order valence-corrected chi connectivity index (χ4v) is 3.68. The van der Waals surface area contributed by atoms with Crippen molar-refractivity contribution in [1.82, 2.24) is 10.2 Å². The van der Waals surface area contributed by atoms with Gasteiger partial charge < -0.3 is 5.32 Å². The quantitative estimate of drug-likeness (QED) is 0.804. The second-order valence-corrected chi connectivity index (χ2v) is 8.27. The van der Waals surface area contributed by atoms with E-state index in [0.29, 0.717) is 5.69 Å². The molecule has 0 fully saturated rings. The van der Waals surface area contributed by atoms with Crippen LogP contribution < -0.4 is 10.0 Å². The minimum absolute atomic E-state index is 0.157. The zero-order chi connectivity index (χ0) is 17.2. The highest BCUT2D eigenvalue weighted by Gasteiger charge is 2.22. The van der Waals surface area contributed by atoms with Gasteiger partial charge in [-0.25, -0.2) is 0 Å². The lowest BCUT2D eigenvalue weighted by Crippen LogP contribution is -2.17. The van der Waals surface area contributed by atoms with Crippen LogP contribution in [0.15, 0.2) is 22.5 Å². The maximum atomic E-state index is 12.4. The number of aryl methyl sites for hydroxylation is 2. The normalized spacial score (nSPS) is 11.5. The summed E-state index contributed by atoms with van der Waals surface area (Å²) in [6.07, 6.45) is 0. The van der Waals surface area contributed by atoms with Gasteiger partial charge in [-0.3, -0.25) is 9.52 Å². The van der Waals surface area contributed by atoms with Gasteiger partial charge in [-0.05, 0) is 31.0 Å². The topological polar surface area (TPSA) is 101 Å². The molecule has 23 heavy (non-hydrogen) atoms. The number of rotatable bonds is 5. The van der Waals surface area contributed by atoms with Crippen molar-refractivity contribution < 1.29 is 13.2 Å². The fraction of sp³-hybridized carbons (Fsp3) is 0.357. The standard InChI is InChI=1S/C14H18N4O3S2/c1-8(2)12(19)15-13-16-17-14(22-13)23(20,21)18-11-7-9(3)5-6-10(11)4/h5-8,18H,1-4H3,(H,15,16,19). The van der Waals surface area contributed by atoms with Crippen molar-refractivity contribution >= 4 is 38.1 Å². The van der Waals surface area contributed by atoms with Gasteiger partial charge >= 0.3 is 0 Å². The molecule has 0 unspecified atom stereocenters. The largest absolute Gasteiger partial charge is 0.300 e. The van der Waals surface area contributed by atoms with Crippen LogP contribution in [0.25, 0.3) is 0 Å². The van der Waals surface area contributed by atoms with Gasteiger partial charge in [0.05, 0.1) is 5.69 Å². The molecule has 0 spiro atoms. The van der Waals surface area contributed by atoms with Crippen molar-refractivity contribution in [3.05, 3.63) is 29.3 Å². The molecule has 1 aromatic carbocycles. The predicted octanol–water partition coefficient (Wildman–Crippen LogP) is 2.55. The molecule has 1 heterocycles.